The van der Waals surface area contributed by atoms with Crippen LogP contribution in [0.15, 0.2) is 66.7 Å². The van der Waals surface area contributed by atoms with Gasteiger partial charge in [-0.1, -0.05) is 43.3 Å². The third-order valence-corrected chi connectivity index (χ3v) is 8.12. The molecule has 0 spiro atoms. The van der Waals surface area contributed by atoms with Crippen molar-refractivity contribution in [2.75, 3.05) is 38.2 Å². The third-order valence-electron chi connectivity index (χ3n) is 8.12. The first-order valence-electron chi connectivity index (χ1n) is 14.9. The lowest BCUT2D eigenvalue weighted by Crippen LogP contribution is -2.34. The summed E-state index contributed by atoms with van der Waals surface area (Å²) in [6, 6.07) is 23.2. The number of terminal acetylenes is 1. The average Bonchev–Trinajstić information content (AvgIpc) is 3.01. The predicted octanol–water partition coefficient (Wildman–Crippen LogP) is 7.52. The Balaban J connectivity index is 0.000000280. The maximum atomic E-state index is 9.19. The van der Waals surface area contributed by atoms with Gasteiger partial charge in [0.15, 0.2) is 0 Å². The average molecular weight is 541 g/mol. The molecule has 0 bridgehead atoms. The van der Waals surface area contributed by atoms with E-state index in [1.165, 1.54) is 79.7 Å². The second kappa shape index (κ2) is 16.6. The summed E-state index contributed by atoms with van der Waals surface area (Å²) < 4.78 is 5.37. The molecule has 0 radical (unpaired) electrons. The van der Waals surface area contributed by atoms with Crippen molar-refractivity contribution in [3.63, 3.8) is 0 Å². The van der Waals surface area contributed by atoms with E-state index >= 15 is 0 Å². The third kappa shape index (κ3) is 9.65. The first-order valence-corrected chi connectivity index (χ1v) is 14.9. The molecule has 0 amide bonds. The molecule has 1 aliphatic carbocycles. The first-order chi connectivity index (χ1) is 19.5. The van der Waals surface area contributed by atoms with Gasteiger partial charge in [0.05, 0.1) is 7.11 Å². The van der Waals surface area contributed by atoms with E-state index in [0.29, 0.717) is 5.75 Å². The van der Waals surface area contributed by atoms with Crippen molar-refractivity contribution in [3.05, 3.63) is 89.0 Å². The number of methoxy groups -OCH3 is 1. The Bertz CT molecular complexity index is 1160. The molecule has 1 N–H and O–H groups in total. The minimum Gasteiger partial charge on any atom is -0.508 e. The molecule has 4 heteroatoms. The van der Waals surface area contributed by atoms with Gasteiger partial charge >= 0.3 is 0 Å². The quantitative estimate of drug-likeness (QED) is 0.300. The van der Waals surface area contributed by atoms with Crippen LogP contribution in [0.4, 0.5) is 5.69 Å². The van der Waals surface area contributed by atoms with Crippen molar-refractivity contribution in [3.8, 4) is 24.3 Å². The fourth-order valence-electron chi connectivity index (χ4n) is 5.52. The molecular weight excluding hydrogens is 492 g/mol. The Morgan fingerprint density at radius 3 is 2.25 bits per heavy atom. The molecule has 214 valence electrons. The number of likely N-dealkylation sites (tertiary alicyclic amines) is 1. The summed E-state index contributed by atoms with van der Waals surface area (Å²) in [5, 5.41) is 9.19. The highest BCUT2D eigenvalue weighted by Crippen LogP contribution is 2.25. The number of benzene rings is 3. The van der Waals surface area contributed by atoms with E-state index < -0.39 is 0 Å². The summed E-state index contributed by atoms with van der Waals surface area (Å²) >= 11 is 0. The molecule has 3 aromatic rings. The maximum absolute atomic E-state index is 9.19. The first kappa shape index (κ1) is 31.1. The van der Waals surface area contributed by atoms with Crippen LogP contribution in [0.25, 0.3) is 0 Å². The SMILES string of the molecule is C#C.CCN(Cc1ccc(CCN2CCC(C)CC2)cc1)c1cccc(OC)c1.Oc1ccc2c(c1)CCCC2. The van der Waals surface area contributed by atoms with Crippen LogP contribution in [-0.2, 0) is 25.8 Å². The predicted molar refractivity (Wildman–Crippen MR) is 169 cm³/mol. The summed E-state index contributed by atoms with van der Waals surface area (Å²) in [4.78, 5) is 5.00. The Morgan fingerprint density at radius 1 is 0.900 bits per heavy atom. The number of anilines is 1. The molecule has 1 heterocycles. The fraction of sp³-hybridized carbons (Fsp3) is 0.444. The number of piperidine rings is 1. The number of ether oxygens (including phenoxy) is 1. The highest BCUT2D eigenvalue weighted by molar-refractivity contribution is 5.51. The number of nitrogens with zero attached hydrogens (tertiary/aromatic N) is 2. The summed E-state index contributed by atoms with van der Waals surface area (Å²) in [5.41, 5.74) is 6.78. The van der Waals surface area contributed by atoms with E-state index in [4.69, 9.17) is 4.74 Å². The molecule has 2 aliphatic rings. The zero-order valence-electron chi connectivity index (χ0n) is 24.8. The zero-order valence-corrected chi connectivity index (χ0v) is 24.8. The molecule has 1 aliphatic heterocycles. The van der Waals surface area contributed by atoms with Gasteiger partial charge < -0.3 is 19.6 Å². The van der Waals surface area contributed by atoms with Crippen molar-refractivity contribution in [2.24, 2.45) is 5.92 Å². The second-order valence-corrected chi connectivity index (χ2v) is 11.0. The normalized spacial score (nSPS) is 15.0. The van der Waals surface area contributed by atoms with Gasteiger partial charge in [-0.15, -0.1) is 12.8 Å². The summed E-state index contributed by atoms with van der Waals surface area (Å²) in [6.45, 7) is 10.2. The van der Waals surface area contributed by atoms with Crippen LogP contribution < -0.4 is 9.64 Å². The zero-order chi connectivity index (χ0) is 28.7. The highest BCUT2D eigenvalue weighted by atomic mass is 16.5. The van der Waals surface area contributed by atoms with Crippen LogP contribution in [0.2, 0.25) is 0 Å². The van der Waals surface area contributed by atoms with E-state index in [1.807, 2.05) is 18.2 Å². The van der Waals surface area contributed by atoms with Crippen molar-refractivity contribution >= 4 is 5.69 Å². The van der Waals surface area contributed by atoms with Gasteiger partial charge in [0, 0.05) is 31.4 Å². The van der Waals surface area contributed by atoms with Crippen molar-refractivity contribution in [1.29, 1.82) is 0 Å². The second-order valence-electron chi connectivity index (χ2n) is 11.0. The minimum absolute atomic E-state index is 0.408. The van der Waals surface area contributed by atoms with Gasteiger partial charge in [0.2, 0.25) is 0 Å². The fourth-order valence-corrected chi connectivity index (χ4v) is 5.52. The topological polar surface area (TPSA) is 35.9 Å². The molecule has 4 nitrogen and oxygen atoms in total. The van der Waals surface area contributed by atoms with Crippen LogP contribution >= 0.6 is 0 Å². The van der Waals surface area contributed by atoms with Gasteiger partial charge in [0.1, 0.15) is 11.5 Å². The molecule has 0 aromatic heterocycles. The Morgan fingerprint density at radius 2 is 1.57 bits per heavy atom. The molecular formula is C36H48N2O2. The van der Waals surface area contributed by atoms with E-state index in [-0.39, 0.29) is 0 Å². The molecule has 1 fully saturated rings. The number of hydrogen-bond donors (Lipinski definition) is 1. The van der Waals surface area contributed by atoms with E-state index in [2.05, 4.69) is 79.0 Å². The molecule has 40 heavy (non-hydrogen) atoms. The lowest BCUT2D eigenvalue weighted by molar-refractivity contribution is 0.194. The summed E-state index contributed by atoms with van der Waals surface area (Å²) in [7, 11) is 1.72. The van der Waals surface area contributed by atoms with Gasteiger partial charge in [-0.05, 0) is 117 Å². The Kier molecular flexibility index (Phi) is 12.9. The van der Waals surface area contributed by atoms with Crippen molar-refractivity contribution in [2.45, 2.75) is 65.3 Å². The number of aromatic hydroxyl groups is 1. The monoisotopic (exact) mass is 540 g/mol. The van der Waals surface area contributed by atoms with Crippen molar-refractivity contribution in [1.82, 2.24) is 4.90 Å². The lowest BCUT2D eigenvalue weighted by atomic mass is 9.92. The van der Waals surface area contributed by atoms with E-state index in [0.717, 1.165) is 37.6 Å². The van der Waals surface area contributed by atoms with Crippen LogP contribution in [-0.4, -0.2) is 43.3 Å². The van der Waals surface area contributed by atoms with Crippen LogP contribution in [0.3, 0.4) is 0 Å². The van der Waals surface area contributed by atoms with Gasteiger partial charge in [-0.2, -0.15) is 0 Å². The molecule has 0 atom stereocenters. The van der Waals surface area contributed by atoms with E-state index in [1.54, 1.807) is 13.2 Å². The number of fused-ring (bicyclic) bond motifs is 1. The number of phenols is 1. The molecule has 5 rings (SSSR count). The largest absolute Gasteiger partial charge is 0.508 e. The number of hydrogen-bond acceptors (Lipinski definition) is 4. The number of aryl methyl sites for hydroxylation is 2. The Labute approximate surface area is 243 Å². The Hall–Kier alpha value is -3.42. The van der Waals surface area contributed by atoms with Crippen LogP contribution in [0.1, 0.15) is 61.8 Å². The van der Waals surface area contributed by atoms with Gasteiger partial charge in [0.25, 0.3) is 0 Å². The minimum atomic E-state index is 0.408. The molecule has 0 saturated carbocycles. The molecule has 3 aromatic carbocycles. The molecule has 1 saturated heterocycles. The van der Waals surface area contributed by atoms with Gasteiger partial charge in [-0.3, -0.25) is 0 Å². The van der Waals surface area contributed by atoms with Gasteiger partial charge in [-0.25, -0.2) is 0 Å². The maximum Gasteiger partial charge on any atom is 0.120 e. The molecule has 0 unspecified atom stereocenters. The smallest absolute Gasteiger partial charge is 0.120 e. The standard InChI is InChI=1S/C24H34N2O.C10H12O.C2H2/c1-4-26(23-6-5-7-24(18-23)27-3)19-22-10-8-21(9-11-22)14-17-25-15-12-20(2)13-16-25;11-10-6-5-8-3-1-2-4-9(8)7-10;1-2/h5-11,18,20H,4,12-17,19H2,1-3H3;5-7,11H,1-4H2;1-2H. The van der Waals surface area contributed by atoms with E-state index in [9.17, 15) is 5.11 Å². The summed E-state index contributed by atoms with van der Waals surface area (Å²) in [5.74, 6) is 2.23. The van der Waals surface area contributed by atoms with Crippen LogP contribution in [0, 0.1) is 18.8 Å². The number of rotatable bonds is 8. The van der Waals surface area contributed by atoms with Crippen molar-refractivity contribution < 1.29 is 9.84 Å². The number of phenolic OH excluding ortho intramolecular Hbond substituents is 1. The van der Waals surface area contributed by atoms with Crippen LogP contribution in [0.5, 0.6) is 11.5 Å². The summed E-state index contributed by atoms with van der Waals surface area (Å²) in [6.07, 6.45) is 16.8. The lowest BCUT2D eigenvalue weighted by Gasteiger charge is -2.30. The highest BCUT2D eigenvalue weighted by Gasteiger charge is 2.15.